The molecule has 182 valence electrons. The maximum absolute atomic E-state index is 13.2. The van der Waals surface area contributed by atoms with Crippen LogP contribution in [0.4, 0.5) is 5.95 Å². The summed E-state index contributed by atoms with van der Waals surface area (Å²) >= 11 is 0. The number of carbonyl (C=O) groups excluding carboxylic acids is 3. The number of benzene rings is 3. The lowest BCUT2D eigenvalue weighted by atomic mass is 10.1. The summed E-state index contributed by atoms with van der Waals surface area (Å²) in [6.07, 6.45) is 0.768. The number of fused-ring (bicyclic) bond motifs is 2. The van der Waals surface area contributed by atoms with Crippen LogP contribution < -0.4 is 5.32 Å². The highest BCUT2D eigenvalue weighted by atomic mass is 16.5. The van der Waals surface area contributed by atoms with Crippen LogP contribution in [0.3, 0.4) is 0 Å². The molecule has 0 aliphatic carbocycles. The molecule has 3 aromatic carbocycles. The molecule has 8 heteroatoms. The molecular weight excluding hydrogens is 456 g/mol. The van der Waals surface area contributed by atoms with Crippen LogP contribution in [0.1, 0.15) is 50.0 Å². The first kappa shape index (κ1) is 23.4. The SMILES string of the molecule is CCOCCCn1c(NC(=O)c2ccc3c(c2)C(=O)N(Cc2ccccc2)C3=O)nc2ccccc21. The predicted octanol–water partition coefficient (Wildman–Crippen LogP) is 4.51. The highest BCUT2D eigenvalue weighted by Crippen LogP contribution is 2.27. The summed E-state index contributed by atoms with van der Waals surface area (Å²) in [6, 6.07) is 21.6. The molecule has 8 nitrogen and oxygen atoms in total. The fourth-order valence-corrected chi connectivity index (χ4v) is 4.38. The summed E-state index contributed by atoms with van der Waals surface area (Å²) in [5.41, 5.74) is 3.35. The zero-order chi connectivity index (χ0) is 25.1. The van der Waals surface area contributed by atoms with E-state index in [1.165, 1.54) is 11.0 Å². The van der Waals surface area contributed by atoms with Gasteiger partial charge < -0.3 is 9.30 Å². The number of aryl methyl sites for hydroxylation is 1. The molecule has 4 aromatic rings. The quantitative estimate of drug-likeness (QED) is 0.280. The van der Waals surface area contributed by atoms with Crippen LogP contribution in [0.15, 0.2) is 72.8 Å². The van der Waals surface area contributed by atoms with E-state index in [9.17, 15) is 14.4 Å². The van der Waals surface area contributed by atoms with Gasteiger partial charge in [-0.05, 0) is 49.2 Å². The van der Waals surface area contributed by atoms with E-state index in [-0.39, 0.29) is 23.6 Å². The highest BCUT2D eigenvalue weighted by Gasteiger charge is 2.36. The second-order valence-corrected chi connectivity index (χ2v) is 8.52. The number of rotatable bonds is 9. The van der Waals surface area contributed by atoms with Crippen LogP contribution in [0.5, 0.6) is 0 Å². The van der Waals surface area contributed by atoms with Gasteiger partial charge in [0.25, 0.3) is 17.7 Å². The number of anilines is 1. The summed E-state index contributed by atoms with van der Waals surface area (Å²) < 4.78 is 7.41. The first-order valence-corrected chi connectivity index (χ1v) is 12.0. The van der Waals surface area contributed by atoms with Gasteiger partial charge in [-0.25, -0.2) is 4.98 Å². The van der Waals surface area contributed by atoms with Gasteiger partial charge in [0.1, 0.15) is 0 Å². The van der Waals surface area contributed by atoms with Crippen LogP contribution in [0.2, 0.25) is 0 Å². The Kier molecular flexibility index (Phi) is 6.60. The average molecular weight is 483 g/mol. The lowest BCUT2D eigenvalue weighted by Gasteiger charge is -2.13. The third-order valence-corrected chi connectivity index (χ3v) is 6.17. The van der Waals surface area contributed by atoms with Gasteiger partial charge in [0, 0.05) is 25.3 Å². The Balaban J connectivity index is 1.37. The molecule has 0 unspecified atom stereocenters. The summed E-state index contributed by atoms with van der Waals surface area (Å²) in [6.45, 7) is 4.02. The number of ether oxygens (including phenoxy) is 1. The largest absolute Gasteiger partial charge is 0.382 e. The van der Waals surface area contributed by atoms with Crippen molar-refractivity contribution in [2.45, 2.75) is 26.4 Å². The van der Waals surface area contributed by atoms with Crippen molar-refractivity contribution in [2.75, 3.05) is 18.5 Å². The highest BCUT2D eigenvalue weighted by molar-refractivity contribution is 6.22. The van der Waals surface area contributed by atoms with Gasteiger partial charge in [-0.1, -0.05) is 42.5 Å². The fourth-order valence-electron chi connectivity index (χ4n) is 4.38. The summed E-state index contributed by atoms with van der Waals surface area (Å²) in [5, 5.41) is 2.89. The molecule has 1 aliphatic rings. The van der Waals surface area contributed by atoms with E-state index in [4.69, 9.17) is 4.74 Å². The minimum Gasteiger partial charge on any atom is -0.382 e. The minimum atomic E-state index is -0.406. The molecule has 0 radical (unpaired) electrons. The standard InChI is InChI=1S/C28H26N4O4/c1-2-36-16-8-15-31-24-12-7-6-11-23(24)29-28(31)30-25(33)20-13-14-21-22(17-20)27(35)32(26(21)34)18-19-9-4-3-5-10-19/h3-7,9-14,17H,2,8,15-16,18H2,1H3,(H,29,30,33). The lowest BCUT2D eigenvalue weighted by Crippen LogP contribution is -2.29. The van der Waals surface area contributed by atoms with Gasteiger partial charge in [0.15, 0.2) is 0 Å². The smallest absolute Gasteiger partial charge is 0.261 e. The minimum absolute atomic E-state index is 0.181. The monoisotopic (exact) mass is 482 g/mol. The first-order valence-electron chi connectivity index (χ1n) is 12.0. The number of nitrogens with one attached hydrogen (secondary N) is 1. The number of hydrogen-bond acceptors (Lipinski definition) is 5. The van der Waals surface area contributed by atoms with Crippen molar-refractivity contribution in [1.82, 2.24) is 14.5 Å². The van der Waals surface area contributed by atoms with E-state index in [2.05, 4.69) is 10.3 Å². The van der Waals surface area contributed by atoms with Crippen molar-refractivity contribution in [1.29, 1.82) is 0 Å². The number of carbonyl (C=O) groups is 3. The van der Waals surface area contributed by atoms with Crippen LogP contribution in [0, 0.1) is 0 Å². The van der Waals surface area contributed by atoms with Gasteiger partial charge in [-0.3, -0.25) is 24.6 Å². The maximum Gasteiger partial charge on any atom is 0.261 e. The van der Waals surface area contributed by atoms with Crippen molar-refractivity contribution >= 4 is 34.7 Å². The predicted molar refractivity (Wildman–Crippen MR) is 136 cm³/mol. The normalized spacial score (nSPS) is 12.9. The van der Waals surface area contributed by atoms with E-state index in [0.29, 0.717) is 31.3 Å². The zero-order valence-corrected chi connectivity index (χ0v) is 19.9. The number of para-hydroxylation sites is 2. The Morgan fingerprint density at radius 1 is 0.944 bits per heavy atom. The Bertz CT molecular complexity index is 1440. The molecule has 0 atom stereocenters. The Hall–Kier alpha value is -4.30. The second kappa shape index (κ2) is 10.1. The molecule has 1 N–H and O–H groups in total. The van der Waals surface area contributed by atoms with Crippen LogP contribution in [-0.2, 0) is 17.8 Å². The molecule has 2 heterocycles. The molecule has 1 aromatic heterocycles. The molecular formula is C28H26N4O4. The number of hydrogen-bond donors (Lipinski definition) is 1. The molecule has 3 amide bonds. The Labute approximate surface area is 208 Å². The summed E-state index contributed by atoms with van der Waals surface area (Å²) in [5.74, 6) is -0.745. The van der Waals surface area contributed by atoms with Crippen molar-refractivity contribution < 1.29 is 19.1 Å². The zero-order valence-electron chi connectivity index (χ0n) is 19.9. The van der Waals surface area contributed by atoms with E-state index >= 15 is 0 Å². The molecule has 5 rings (SSSR count). The van der Waals surface area contributed by atoms with Crippen molar-refractivity contribution in [3.05, 3.63) is 95.1 Å². The van der Waals surface area contributed by atoms with Gasteiger partial charge in [-0.2, -0.15) is 0 Å². The average Bonchev–Trinajstić information content (AvgIpc) is 3.36. The molecule has 0 saturated heterocycles. The second-order valence-electron chi connectivity index (χ2n) is 8.52. The van der Waals surface area contributed by atoms with Gasteiger partial charge >= 0.3 is 0 Å². The van der Waals surface area contributed by atoms with E-state index in [1.54, 1.807) is 12.1 Å². The summed E-state index contributed by atoms with van der Waals surface area (Å²) in [4.78, 5) is 44.9. The number of amides is 3. The van der Waals surface area contributed by atoms with Crippen LogP contribution in [-0.4, -0.2) is 45.4 Å². The van der Waals surface area contributed by atoms with Gasteiger partial charge in [-0.15, -0.1) is 0 Å². The van der Waals surface area contributed by atoms with E-state index in [0.717, 1.165) is 23.0 Å². The molecule has 0 spiro atoms. The number of nitrogens with zero attached hydrogens (tertiary/aromatic N) is 3. The van der Waals surface area contributed by atoms with Crippen LogP contribution in [0.25, 0.3) is 11.0 Å². The Morgan fingerprint density at radius 2 is 1.69 bits per heavy atom. The molecule has 0 fully saturated rings. The van der Waals surface area contributed by atoms with E-state index < -0.39 is 11.8 Å². The number of imidazole rings is 1. The van der Waals surface area contributed by atoms with Crippen molar-refractivity contribution in [3.63, 3.8) is 0 Å². The third-order valence-electron chi connectivity index (χ3n) is 6.17. The topological polar surface area (TPSA) is 93.5 Å². The van der Waals surface area contributed by atoms with E-state index in [1.807, 2.05) is 66.1 Å². The molecule has 0 saturated carbocycles. The maximum atomic E-state index is 13.2. The molecule has 0 bridgehead atoms. The van der Waals surface area contributed by atoms with Crippen molar-refractivity contribution in [3.8, 4) is 0 Å². The molecule has 36 heavy (non-hydrogen) atoms. The number of imide groups is 1. The van der Waals surface area contributed by atoms with Crippen molar-refractivity contribution in [2.24, 2.45) is 0 Å². The first-order chi connectivity index (χ1) is 17.6. The third kappa shape index (κ3) is 4.50. The molecule has 1 aliphatic heterocycles. The van der Waals surface area contributed by atoms with Gasteiger partial charge in [0.2, 0.25) is 5.95 Å². The summed E-state index contributed by atoms with van der Waals surface area (Å²) in [7, 11) is 0. The lowest BCUT2D eigenvalue weighted by molar-refractivity contribution is 0.0642. The number of aromatic nitrogens is 2. The van der Waals surface area contributed by atoms with Crippen LogP contribution >= 0.6 is 0 Å². The Morgan fingerprint density at radius 3 is 2.50 bits per heavy atom. The van der Waals surface area contributed by atoms with Gasteiger partial charge in [0.05, 0.1) is 28.7 Å². The fraction of sp³-hybridized carbons (Fsp3) is 0.214.